The molecule has 204 valence electrons. The lowest BCUT2D eigenvalue weighted by Crippen LogP contribution is -2.52. The van der Waals surface area contributed by atoms with Crippen LogP contribution < -0.4 is 0 Å². The molecule has 3 saturated heterocycles. The monoisotopic (exact) mass is 553 g/mol. The third kappa shape index (κ3) is 3.86. The van der Waals surface area contributed by atoms with Crippen LogP contribution in [-0.2, 0) is 33.9 Å². The van der Waals surface area contributed by atoms with Crippen LogP contribution >= 0.6 is 0 Å². The fraction of sp³-hybridized carbons (Fsp3) is 0.480. The second kappa shape index (κ2) is 8.95. The van der Waals surface area contributed by atoms with Gasteiger partial charge in [-0.2, -0.15) is 17.2 Å². The van der Waals surface area contributed by atoms with E-state index in [1.165, 1.54) is 4.90 Å². The number of esters is 2. The Morgan fingerprint density at radius 3 is 2.39 bits per heavy atom. The lowest BCUT2D eigenvalue weighted by molar-refractivity contribution is -0.169. The average molecular weight is 554 g/mol. The maximum absolute atomic E-state index is 14.1. The van der Waals surface area contributed by atoms with E-state index in [1.807, 2.05) is 18.2 Å². The smallest absolute Gasteiger partial charge is 0.405 e. The number of amides is 1. The number of likely N-dealkylation sites (tertiary alicyclic amines) is 1. The van der Waals surface area contributed by atoms with Crippen molar-refractivity contribution < 1.29 is 50.3 Å². The first-order chi connectivity index (χ1) is 17.8. The highest BCUT2D eigenvalue weighted by Gasteiger charge is 2.73. The Morgan fingerprint density at radius 1 is 1.08 bits per heavy atom. The molecule has 0 aromatic heterocycles. The summed E-state index contributed by atoms with van der Waals surface area (Å²) in [4.78, 5) is 41.2. The van der Waals surface area contributed by atoms with Gasteiger partial charge in [0.15, 0.2) is 12.2 Å². The van der Waals surface area contributed by atoms with E-state index in [9.17, 15) is 31.6 Å². The van der Waals surface area contributed by atoms with Crippen LogP contribution in [0.3, 0.4) is 0 Å². The van der Waals surface area contributed by atoms with E-state index in [0.29, 0.717) is 12.3 Å². The van der Waals surface area contributed by atoms with Crippen LogP contribution in [0, 0.1) is 11.8 Å². The second-order valence-electron chi connectivity index (χ2n) is 9.96. The number of alkyl halides is 2. The molecule has 3 aliphatic rings. The van der Waals surface area contributed by atoms with E-state index in [1.54, 1.807) is 38.1 Å². The van der Waals surface area contributed by atoms with Gasteiger partial charge in [-0.15, -0.1) is 0 Å². The topological polar surface area (TPSA) is 137 Å². The van der Waals surface area contributed by atoms with Crippen molar-refractivity contribution in [2.45, 2.75) is 62.5 Å². The predicted molar refractivity (Wildman–Crippen MR) is 127 cm³/mol. The van der Waals surface area contributed by atoms with Crippen LogP contribution in [0.25, 0.3) is 10.8 Å². The first-order valence-electron chi connectivity index (χ1n) is 12.0. The minimum atomic E-state index is -5.88. The predicted octanol–water partition coefficient (Wildman–Crippen LogP) is 2.41. The molecule has 38 heavy (non-hydrogen) atoms. The second-order valence-corrected chi connectivity index (χ2v) is 11.5. The summed E-state index contributed by atoms with van der Waals surface area (Å²) in [7, 11) is -5.88. The fourth-order valence-corrected chi connectivity index (χ4v) is 6.25. The Hall–Kier alpha value is -3.16. The van der Waals surface area contributed by atoms with Gasteiger partial charge in [0.05, 0.1) is 23.6 Å². The third-order valence-corrected chi connectivity index (χ3v) is 8.48. The maximum Gasteiger partial charge on any atom is 0.405 e. The molecule has 3 heterocycles. The number of hydrogen-bond donors (Lipinski definition) is 1. The van der Waals surface area contributed by atoms with Gasteiger partial charge in [-0.05, 0) is 37.6 Å². The fourth-order valence-electron chi connectivity index (χ4n) is 5.78. The lowest BCUT2D eigenvalue weighted by atomic mass is 9.78. The molecule has 0 saturated carbocycles. The maximum atomic E-state index is 14.1. The molecular formula is C25H25F2NO9S. The minimum Gasteiger partial charge on any atom is -0.455 e. The molecule has 0 aliphatic carbocycles. The number of halogens is 2. The summed E-state index contributed by atoms with van der Waals surface area (Å²) in [6, 6.07) is 11.2. The molecule has 0 spiro atoms. The van der Waals surface area contributed by atoms with Gasteiger partial charge in [0.25, 0.3) is 0 Å². The highest BCUT2D eigenvalue weighted by molar-refractivity contribution is 7.86. The Balaban J connectivity index is 1.46. The van der Waals surface area contributed by atoms with Gasteiger partial charge in [-0.25, -0.2) is 4.79 Å². The van der Waals surface area contributed by atoms with E-state index in [4.69, 9.17) is 18.8 Å². The number of carbonyl (C=O) groups is 3. The molecule has 1 N–H and O–H groups in total. The lowest BCUT2D eigenvalue weighted by Gasteiger charge is -2.33. The Bertz CT molecular complexity index is 1420. The van der Waals surface area contributed by atoms with Gasteiger partial charge in [0, 0.05) is 6.04 Å². The van der Waals surface area contributed by atoms with Crippen LogP contribution in [0.15, 0.2) is 42.5 Å². The van der Waals surface area contributed by atoms with Crippen molar-refractivity contribution in [3.63, 3.8) is 0 Å². The molecule has 2 aromatic carbocycles. The molecule has 3 fully saturated rings. The first-order valence-corrected chi connectivity index (χ1v) is 13.4. The van der Waals surface area contributed by atoms with Crippen molar-refractivity contribution >= 4 is 38.7 Å². The number of rotatable bonds is 7. The normalized spacial score (nSPS) is 29.2. The van der Waals surface area contributed by atoms with Crippen molar-refractivity contribution in [3.05, 3.63) is 48.0 Å². The third-order valence-electron chi connectivity index (χ3n) is 7.46. The minimum absolute atomic E-state index is 0.253. The molecule has 7 unspecified atom stereocenters. The Kier molecular flexibility index (Phi) is 6.23. The van der Waals surface area contributed by atoms with E-state index in [0.717, 1.165) is 5.39 Å². The molecule has 7 atom stereocenters. The zero-order chi connectivity index (χ0) is 27.7. The summed E-state index contributed by atoms with van der Waals surface area (Å²) in [5, 5.41) is -3.36. The Labute approximate surface area is 216 Å². The van der Waals surface area contributed by atoms with Gasteiger partial charge in [-0.3, -0.25) is 14.1 Å². The summed E-state index contributed by atoms with van der Waals surface area (Å²) in [5.41, 5.74) is 0.253. The first kappa shape index (κ1) is 26.4. The molecule has 3 aliphatic heterocycles. The van der Waals surface area contributed by atoms with Crippen molar-refractivity contribution in [2.75, 3.05) is 0 Å². The van der Waals surface area contributed by atoms with Crippen molar-refractivity contribution in [1.29, 1.82) is 0 Å². The Morgan fingerprint density at radius 2 is 1.74 bits per heavy atom. The molecule has 1 amide bonds. The van der Waals surface area contributed by atoms with Crippen LogP contribution in [0.2, 0.25) is 0 Å². The number of benzene rings is 2. The van der Waals surface area contributed by atoms with Gasteiger partial charge < -0.3 is 19.1 Å². The number of carbonyl (C=O) groups excluding carboxylic acids is 3. The average Bonchev–Trinajstić information content (AvgIpc) is 3.45. The van der Waals surface area contributed by atoms with Gasteiger partial charge in [0.2, 0.25) is 5.91 Å². The summed E-state index contributed by atoms with van der Waals surface area (Å²) in [5.74, 6) is -5.04. The van der Waals surface area contributed by atoms with Crippen LogP contribution in [0.4, 0.5) is 8.78 Å². The van der Waals surface area contributed by atoms with Crippen molar-refractivity contribution in [3.8, 4) is 0 Å². The summed E-state index contributed by atoms with van der Waals surface area (Å²) in [6.45, 7) is 4.08. The van der Waals surface area contributed by atoms with Gasteiger partial charge in [-0.1, -0.05) is 36.4 Å². The van der Waals surface area contributed by atoms with E-state index in [-0.39, 0.29) is 11.6 Å². The van der Waals surface area contributed by atoms with Crippen molar-refractivity contribution in [1.82, 2.24) is 4.90 Å². The number of ether oxygens (including phenoxy) is 3. The quantitative estimate of drug-likeness (QED) is 0.405. The van der Waals surface area contributed by atoms with E-state index in [2.05, 4.69) is 0 Å². The van der Waals surface area contributed by atoms with E-state index >= 15 is 0 Å². The molecular weight excluding hydrogens is 528 g/mol. The van der Waals surface area contributed by atoms with Gasteiger partial charge in [0.1, 0.15) is 12.0 Å². The number of hydrogen-bond acceptors (Lipinski definition) is 8. The number of nitrogens with zero attached hydrogens (tertiary/aromatic N) is 1. The van der Waals surface area contributed by atoms with Crippen LogP contribution in [0.1, 0.15) is 31.1 Å². The zero-order valence-electron chi connectivity index (χ0n) is 20.5. The highest BCUT2D eigenvalue weighted by Crippen LogP contribution is 2.53. The summed E-state index contributed by atoms with van der Waals surface area (Å²) < 4.78 is 75.7. The molecule has 0 radical (unpaired) electrons. The van der Waals surface area contributed by atoms with Crippen LogP contribution in [-0.4, -0.2) is 77.5 Å². The molecule has 2 aromatic rings. The summed E-state index contributed by atoms with van der Waals surface area (Å²) in [6.07, 6.45) is -5.74. The largest absolute Gasteiger partial charge is 0.455 e. The van der Waals surface area contributed by atoms with Gasteiger partial charge >= 0.3 is 27.3 Å². The molecule has 10 nitrogen and oxygen atoms in total. The molecule has 13 heteroatoms. The van der Waals surface area contributed by atoms with E-state index < -0.39 is 75.5 Å². The SMILES string of the molecule is CC(C)N1C(=O)C2C3OC(C(OC(=O)c4cccc5ccccc45)C31)C2C(=O)OC(C)C(F)(F)S(=O)(=O)O. The molecule has 2 bridgehead atoms. The summed E-state index contributed by atoms with van der Waals surface area (Å²) >= 11 is 0. The van der Waals surface area contributed by atoms with Crippen molar-refractivity contribution in [2.24, 2.45) is 11.8 Å². The standard InChI is InChI=1S/C25H25F2NO9S/c1-11(2)28-18-19-16(22(28)29)17(24(31)35-12(3)25(26,27)38(32,33)34)20(36-19)21(18)37-23(30)15-10-6-8-13-7-4-5-9-14(13)15/h4-12,16-21H,1-3H3,(H,32,33,34). The van der Waals surface area contributed by atoms with Crippen LogP contribution in [0.5, 0.6) is 0 Å². The number of fused-ring (bicyclic) bond motifs is 2. The zero-order valence-corrected chi connectivity index (χ0v) is 21.3. The molecule has 5 rings (SSSR count). The highest BCUT2D eigenvalue weighted by atomic mass is 32.2.